The third-order valence-corrected chi connectivity index (χ3v) is 2.62. The Hall–Kier alpha value is -0.120. The van der Waals surface area contributed by atoms with Crippen molar-refractivity contribution in [1.82, 2.24) is 4.90 Å². The maximum Gasteiger partial charge on any atom is 0.0594 e. The molecular weight excluding hydrogens is 178 g/mol. The van der Waals surface area contributed by atoms with Crippen LogP contribution in [0, 0.1) is 0 Å². The molecule has 0 saturated carbocycles. The summed E-state index contributed by atoms with van der Waals surface area (Å²) in [6, 6.07) is 0. The van der Waals surface area contributed by atoms with Crippen LogP contribution in [0.5, 0.6) is 0 Å². The Morgan fingerprint density at radius 1 is 1.21 bits per heavy atom. The molecule has 3 heteroatoms. The van der Waals surface area contributed by atoms with Crippen LogP contribution in [-0.2, 0) is 4.74 Å². The summed E-state index contributed by atoms with van der Waals surface area (Å²) in [6.45, 7) is 8.81. The summed E-state index contributed by atoms with van der Waals surface area (Å²) in [4.78, 5) is 2.44. The lowest BCUT2D eigenvalue weighted by molar-refractivity contribution is 0.0344. The number of morpholine rings is 1. The van der Waals surface area contributed by atoms with Gasteiger partial charge in [-0.3, -0.25) is 4.90 Å². The summed E-state index contributed by atoms with van der Waals surface area (Å²) < 4.78 is 5.28. The fourth-order valence-corrected chi connectivity index (χ4v) is 1.72. The minimum atomic E-state index is -0.495. The number of nitrogens with zero attached hydrogens (tertiary/aromatic N) is 1. The van der Waals surface area contributed by atoms with E-state index in [1.165, 1.54) is 6.42 Å². The van der Waals surface area contributed by atoms with Crippen LogP contribution in [0.2, 0.25) is 0 Å². The van der Waals surface area contributed by atoms with E-state index < -0.39 is 5.60 Å². The molecule has 1 aliphatic rings. The van der Waals surface area contributed by atoms with Crippen LogP contribution >= 0.6 is 0 Å². The van der Waals surface area contributed by atoms with E-state index in [1.807, 2.05) is 13.8 Å². The molecule has 0 radical (unpaired) electrons. The lowest BCUT2D eigenvalue weighted by Gasteiger charge is -2.26. The summed E-state index contributed by atoms with van der Waals surface area (Å²) in [5.41, 5.74) is -0.495. The molecule has 1 aliphatic heterocycles. The number of rotatable bonds is 5. The zero-order valence-corrected chi connectivity index (χ0v) is 9.46. The molecule has 1 rings (SSSR count). The monoisotopic (exact) mass is 201 g/mol. The molecule has 0 amide bonds. The number of ether oxygens (including phenoxy) is 1. The summed E-state index contributed by atoms with van der Waals surface area (Å²) in [5.74, 6) is 0. The molecule has 0 spiro atoms. The van der Waals surface area contributed by atoms with Crippen LogP contribution in [0.25, 0.3) is 0 Å². The average Bonchev–Trinajstić information content (AvgIpc) is 2.13. The average molecular weight is 201 g/mol. The van der Waals surface area contributed by atoms with E-state index in [2.05, 4.69) is 4.90 Å². The Bertz CT molecular complexity index is 148. The lowest BCUT2D eigenvalue weighted by Crippen LogP contribution is -2.36. The molecule has 1 N–H and O–H groups in total. The Morgan fingerprint density at radius 3 is 2.43 bits per heavy atom. The quantitative estimate of drug-likeness (QED) is 0.680. The van der Waals surface area contributed by atoms with Gasteiger partial charge in [0.1, 0.15) is 0 Å². The van der Waals surface area contributed by atoms with Crippen LogP contribution in [0.3, 0.4) is 0 Å². The van der Waals surface area contributed by atoms with E-state index in [0.717, 1.165) is 45.7 Å². The minimum absolute atomic E-state index is 0.495. The van der Waals surface area contributed by atoms with Gasteiger partial charge in [0.2, 0.25) is 0 Å². The van der Waals surface area contributed by atoms with Gasteiger partial charge in [0.05, 0.1) is 18.8 Å². The molecule has 0 bridgehead atoms. The Balaban J connectivity index is 1.97. The zero-order chi connectivity index (χ0) is 10.4. The van der Waals surface area contributed by atoms with E-state index in [9.17, 15) is 5.11 Å². The van der Waals surface area contributed by atoms with Crippen LogP contribution in [0.1, 0.15) is 33.1 Å². The molecule has 0 unspecified atom stereocenters. The van der Waals surface area contributed by atoms with E-state index in [0.29, 0.717) is 0 Å². The molecule has 1 heterocycles. The van der Waals surface area contributed by atoms with Gasteiger partial charge in [0.25, 0.3) is 0 Å². The normalized spacial score (nSPS) is 19.9. The van der Waals surface area contributed by atoms with E-state index in [4.69, 9.17) is 4.74 Å². The van der Waals surface area contributed by atoms with Crippen LogP contribution < -0.4 is 0 Å². The van der Waals surface area contributed by atoms with Crippen molar-refractivity contribution >= 4 is 0 Å². The van der Waals surface area contributed by atoms with Crippen LogP contribution in [0.4, 0.5) is 0 Å². The van der Waals surface area contributed by atoms with Gasteiger partial charge >= 0.3 is 0 Å². The fraction of sp³-hybridized carbons (Fsp3) is 1.00. The predicted octanol–water partition coefficient (Wildman–Crippen LogP) is 1.26. The SMILES string of the molecule is CC(C)(O)CCCCN1CCOCC1. The highest BCUT2D eigenvalue weighted by Gasteiger charge is 2.13. The van der Waals surface area contributed by atoms with Gasteiger partial charge in [0.15, 0.2) is 0 Å². The molecule has 0 aromatic rings. The Morgan fingerprint density at radius 2 is 1.86 bits per heavy atom. The van der Waals surface area contributed by atoms with Crippen molar-refractivity contribution in [2.24, 2.45) is 0 Å². The highest BCUT2D eigenvalue weighted by molar-refractivity contribution is 4.66. The van der Waals surface area contributed by atoms with Crippen molar-refractivity contribution in [3.05, 3.63) is 0 Å². The number of hydrogen-bond acceptors (Lipinski definition) is 3. The molecule has 0 aromatic carbocycles. The molecule has 0 aromatic heterocycles. The third-order valence-electron chi connectivity index (χ3n) is 2.62. The van der Waals surface area contributed by atoms with Crippen molar-refractivity contribution in [3.63, 3.8) is 0 Å². The first kappa shape index (κ1) is 12.0. The lowest BCUT2D eigenvalue weighted by atomic mass is 10.0. The van der Waals surface area contributed by atoms with Gasteiger partial charge in [-0.25, -0.2) is 0 Å². The first-order chi connectivity index (χ1) is 6.58. The molecular formula is C11H23NO2. The first-order valence-electron chi connectivity index (χ1n) is 5.60. The zero-order valence-electron chi connectivity index (χ0n) is 9.46. The Labute approximate surface area is 87.1 Å². The first-order valence-corrected chi connectivity index (χ1v) is 5.60. The molecule has 14 heavy (non-hydrogen) atoms. The highest BCUT2D eigenvalue weighted by Crippen LogP contribution is 2.12. The van der Waals surface area contributed by atoms with Gasteiger partial charge in [0, 0.05) is 13.1 Å². The van der Waals surface area contributed by atoms with Crippen molar-refractivity contribution in [2.45, 2.75) is 38.7 Å². The number of hydrogen-bond donors (Lipinski definition) is 1. The maximum absolute atomic E-state index is 9.52. The second-order valence-corrected chi connectivity index (χ2v) is 4.72. The summed E-state index contributed by atoms with van der Waals surface area (Å²) >= 11 is 0. The van der Waals surface area contributed by atoms with Gasteiger partial charge in [-0.2, -0.15) is 0 Å². The van der Waals surface area contributed by atoms with Crippen LogP contribution in [0.15, 0.2) is 0 Å². The predicted molar refractivity (Wildman–Crippen MR) is 57.4 cm³/mol. The minimum Gasteiger partial charge on any atom is -0.390 e. The van der Waals surface area contributed by atoms with Crippen molar-refractivity contribution in [3.8, 4) is 0 Å². The topological polar surface area (TPSA) is 32.7 Å². The van der Waals surface area contributed by atoms with E-state index in [-0.39, 0.29) is 0 Å². The van der Waals surface area contributed by atoms with E-state index in [1.54, 1.807) is 0 Å². The highest BCUT2D eigenvalue weighted by atomic mass is 16.5. The van der Waals surface area contributed by atoms with Crippen molar-refractivity contribution in [2.75, 3.05) is 32.8 Å². The molecule has 0 aliphatic carbocycles. The fourth-order valence-electron chi connectivity index (χ4n) is 1.72. The number of unbranched alkanes of at least 4 members (excludes halogenated alkanes) is 1. The second-order valence-electron chi connectivity index (χ2n) is 4.72. The molecule has 0 atom stereocenters. The van der Waals surface area contributed by atoms with Crippen LogP contribution in [-0.4, -0.2) is 48.5 Å². The molecule has 1 saturated heterocycles. The van der Waals surface area contributed by atoms with Crippen molar-refractivity contribution < 1.29 is 9.84 Å². The smallest absolute Gasteiger partial charge is 0.0594 e. The molecule has 84 valence electrons. The van der Waals surface area contributed by atoms with Gasteiger partial charge < -0.3 is 9.84 Å². The van der Waals surface area contributed by atoms with Gasteiger partial charge in [-0.1, -0.05) is 0 Å². The van der Waals surface area contributed by atoms with Gasteiger partial charge in [-0.05, 0) is 39.7 Å². The molecule has 3 nitrogen and oxygen atoms in total. The largest absolute Gasteiger partial charge is 0.390 e. The third kappa shape index (κ3) is 5.58. The standard InChI is InChI=1S/C11H23NO2/c1-11(2,13)5-3-4-6-12-7-9-14-10-8-12/h13H,3-10H2,1-2H3. The molecule has 1 fully saturated rings. The summed E-state index contributed by atoms with van der Waals surface area (Å²) in [7, 11) is 0. The summed E-state index contributed by atoms with van der Waals surface area (Å²) in [5, 5.41) is 9.52. The van der Waals surface area contributed by atoms with E-state index >= 15 is 0 Å². The van der Waals surface area contributed by atoms with Crippen molar-refractivity contribution in [1.29, 1.82) is 0 Å². The summed E-state index contributed by atoms with van der Waals surface area (Å²) in [6.07, 6.45) is 3.20. The van der Waals surface area contributed by atoms with Gasteiger partial charge in [-0.15, -0.1) is 0 Å². The second kappa shape index (κ2) is 5.69. The Kier molecular flexibility index (Phi) is 4.85. The number of aliphatic hydroxyl groups is 1. The maximum atomic E-state index is 9.52.